The van der Waals surface area contributed by atoms with Gasteiger partial charge in [0.15, 0.2) is 46.0 Å². The average Bonchev–Trinajstić information content (AvgIpc) is 0.800. The highest BCUT2D eigenvalue weighted by Crippen LogP contribution is 2.48. The molecule has 0 saturated carbocycles. The van der Waals surface area contributed by atoms with Gasteiger partial charge >= 0.3 is 72.1 Å². The van der Waals surface area contributed by atoms with Crippen LogP contribution in [0.2, 0.25) is 0 Å². The van der Waals surface area contributed by atoms with Crippen molar-refractivity contribution in [3.8, 4) is 141 Å². The van der Waals surface area contributed by atoms with E-state index in [1.54, 1.807) is 72.8 Å². The topological polar surface area (TPSA) is 376 Å². The van der Waals surface area contributed by atoms with Crippen LogP contribution in [0.4, 0.5) is 0 Å². The molecular weight excluding hydrogens is 1560 g/mol. The monoisotopic (exact) mass is 1640 g/mol. The Hall–Kier alpha value is -13.7. The first-order chi connectivity index (χ1) is 59.4. The Bertz CT molecular complexity index is 4410. The molecule has 0 atom stereocenters. The van der Waals surface area contributed by atoms with Gasteiger partial charge in [-0.15, -0.1) is 59.8 Å². The van der Waals surface area contributed by atoms with Crippen LogP contribution in [0, 0.1) is 0 Å². The summed E-state index contributed by atoms with van der Waals surface area (Å²) in [6, 6.07) is 55.1. The molecule has 8 aromatic carbocycles. The van der Waals surface area contributed by atoms with Gasteiger partial charge in [-0.2, -0.15) is 0 Å². The number of hydrogen-bond donors (Lipinski definition) is 0. The van der Waals surface area contributed by atoms with Crippen molar-refractivity contribution in [2.24, 2.45) is 0 Å². The van der Waals surface area contributed by atoms with Gasteiger partial charge in [0.2, 0.25) is 23.0 Å². The van der Waals surface area contributed by atoms with E-state index < -0.39 is 0 Å². The Labute approximate surface area is 686 Å². The van der Waals surface area contributed by atoms with E-state index in [-0.39, 0.29) is 300 Å². The molecule has 8 heterocycles. The van der Waals surface area contributed by atoms with E-state index in [4.69, 9.17) is 114 Å². The van der Waals surface area contributed by atoms with Crippen LogP contribution in [-0.4, -0.2) is 192 Å². The molecule has 0 N–H and O–H groups in total. The summed E-state index contributed by atoms with van der Waals surface area (Å²) in [5.41, 5.74) is 3.35. The lowest BCUT2D eigenvalue weighted by Crippen LogP contribution is -2.15. The zero-order valence-electron chi connectivity index (χ0n) is 64.6. The highest BCUT2D eigenvalue weighted by molar-refractivity contribution is 5.57. The first-order valence-corrected chi connectivity index (χ1v) is 38.2. The van der Waals surface area contributed by atoms with Crippen molar-refractivity contribution >= 4 is 0 Å². The quantitative estimate of drug-likeness (QED) is 0.103. The van der Waals surface area contributed by atoms with E-state index in [1.807, 2.05) is 121 Å². The third kappa shape index (κ3) is 24.7. The molecule has 620 valence electrons. The summed E-state index contributed by atoms with van der Waals surface area (Å²) >= 11 is 0. The second kappa shape index (κ2) is 43.5. The Morgan fingerprint density at radius 2 is 0.317 bits per heavy atom. The van der Waals surface area contributed by atoms with Crippen molar-refractivity contribution in [3.05, 3.63) is 216 Å². The molecule has 0 spiro atoms. The number of para-hydroxylation sites is 4. The minimum absolute atomic E-state index is 0.00879. The van der Waals surface area contributed by atoms with Crippen LogP contribution >= 0.6 is 0 Å². The van der Waals surface area contributed by atoms with E-state index >= 15 is 0 Å². The Balaban J connectivity index is 0.640. The molecule has 36 heteroatoms. The fourth-order valence-corrected chi connectivity index (χ4v) is 11.1. The molecule has 0 unspecified atom stereocenters. The highest BCUT2D eigenvalue weighted by atomic mass is 16.6. The van der Waals surface area contributed by atoms with Gasteiger partial charge in [0.05, 0.1) is 106 Å². The van der Waals surface area contributed by atoms with Gasteiger partial charge in [-0.1, -0.05) is 146 Å². The fourth-order valence-electron chi connectivity index (χ4n) is 11.1. The lowest BCUT2D eigenvalue weighted by Gasteiger charge is -2.18. The normalized spacial score (nSPS) is 15.0. The molecule has 0 aliphatic carbocycles. The molecule has 4 aliphatic rings. The van der Waals surface area contributed by atoms with Crippen LogP contribution in [0.1, 0.15) is 22.3 Å². The average molecular weight is 1640 g/mol. The van der Waals surface area contributed by atoms with Crippen LogP contribution in [0.15, 0.2) is 194 Å². The molecule has 0 amide bonds. The predicted octanol–water partition coefficient (Wildman–Crippen LogP) is 13.1. The van der Waals surface area contributed by atoms with Gasteiger partial charge in [0, 0.05) is 0 Å². The second-order valence-electron chi connectivity index (χ2n) is 25.3. The number of nitrogens with zero attached hydrogens (tertiary/aromatic N) is 12. The maximum atomic E-state index is 6.48. The number of aromatic nitrogens is 12. The molecule has 120 heavy (non-hydrogen) atoms. The summed E-state index contributed by atoms with van der Waals surface area (Å²) < 4.78 is 149. The second-order valence-corrected chi connectivity index (χ2v) is 25.3. The summed E-state index contributed by atoms with van der Waals surface area (Å²) in [5, 5.41) is 0. The number of ether oxygens (including phenoxy) is 24. The van der Waals surface area contributed by atoms with Gasteiger partial charge in [0.25, 0.3) is 0 Å². The maximum Gasteiger partial charge on any atom is 0.331 e. The minimum atomic E-state index is -0.247. The molecular formula is C84H80N12O24. The number of fused-ring (bicyclic) bond motifs is 30. The molecule has 36 nitrogen and oxygen atoms in total. The molecule has 0 saturated heterocycles. The largest absolute Gasteiger partial charge is 0.482 e. The van der Waals surface area contributed by atoms with E-state index in [1.165, 1.54) is 0 Å². The smallest absolute Gasteiger partial charge is 0.331 e. The van der Waals surface area contributed by atoms with Crippen molar-refractivity contribution < 1.29 is 114 Å². The first kappa shape index (κ1) is 81.4. The summed E-state index contributed by atoms with van der Waals surface area (Å²) in [6.07, 6.45) is 0. The predicted molar refractivity (Wildman–Crippen MR) is 417 cm³/mol. The molecule has 4 aromatic heterocycles. The van der Waals surface area contributed by atoms with E-state index in [9.17, 15) is 0 Å². The summed E-state index contributed by atoms with van der Waals surface area (Å²) in [4.78, 5) is 54.5. The van der Waals surface area contributed by atoms with Crippen molar-refractivity contribution in [2.45, 2.75) is 26.4 Å². The van der Waals surface area contributed by atoms with E-state index in [2.05, 4.69) is 59.8 Å². The SMILES string of the molecule is c1ccc(COc2c3cccc2Oc2nc4nc(n2)Oc2cccc(c2OCc2ccccc2)Oc2nc(nc(n2)O3)OCCOCCOCCOCCOCCOc2nc3nc(n2)Oc2cccc(c2OCc2ccccc2)Oc2nc(nc(n2)Oc2cccc(c2OCc2ccccc2)O3)OCCOCCOCCOCCOCCO4)cc1. The van der Waals surface area contributed by atoms with Crippen molar-refractivity contribution in [1.82, 2.24) is 59.8 Å². The lowest BCUT2D eigenvalue weighted by atomic mass is 10.2. The molecule has 0 radical (unpaired) electrons. The summed E-state index contributed by atoms with van der Waals surface area (Å²) in [7, 11) is 0. The van der Waals surface area contributed by atoms with Gasteiger partial charge in [-0.05, 0) is 70.8 Å². The van der Waals surface area contributed by atoms with Gasteiger partial charge in [-0.25, -0.2) is 0 Å². The minimum Gasteiger partial charge on any atom is -0.482 e. The highest BCUT2D eigenvalue weighted by Gasteiger charge is 2.28. The zero-order valence-corrected chi connectivity index (χ0v) is 64.6. The Kier molecular flexibility index (Phi) is 29.5. The maximum absolute atomic E-state index is 6.48. The van der Waals surface area contributed by atoms with E-state index in [0.717, 1.165) is 22.3 Å². The van der Waals surface area contributed by atoms with Gasteiger partial charge < -0.3 is 114 Å². The Morgan fingerprint density at radius 3 is 0.483 bits per heavy atom. The summed E-state index contributed by atoms with van der Waals surface area (Å²) in [5.74, 6) is 1.39. The molecule has 16 rings (SSSR count). The van der Waals surface area contributed by atoms with Crippen LogP contribution in [0.5, 0.6) is 141 Å². The third-order valence-corrected chi connectivity index (χ3v) is 16.6. The molecule has 0 fully saturated rings. The van der Waals surface area contributed by atoms with Crippen molar-refractivity contribution in [1.29, 1.82) is 0 Å². The van der Waals surface area contributed by atoms with Crippen molar-refractivity contribution in [2.75, 3.05) is 132 Å². The standard InChI is InChI=1S/C84H80N12O24/c1-5-17-57(18-6-1)53-109-69-61-25-13-26-62(69)114-78-86-74-88-80(94-78)116-64-28-14-27-63(70(64)110-54-58-19-7-2-8-20-58)115-79-87-73(85-77(93-79)113-61)105-49-45-101-41-37-97-33-35-99-39-43-103-47-51-107-75-89-81-95-83(91-75)119-67-31-16-32-68(72(67)112-56-60-23-11-4-12-24-60)120-84-92-76(108-52-48-104-44-40-100-36-34-98-38-42-102-46-50-106-74)90-82(96-84)118-66-30-15-29-65(117-81)71(66)111-55-59-21-9-3-10-22-59/h1-32H,33-56H2. The van der Waals surface area contributed by atoms with E-state index in [0.29, 0.717) is 0 Å². The van der Waals surface area contributed by atoms with Crippen LogP contribution in [0.25, 0.3) is 0 Å². The third-order valence-electron chi connectivity index (χ3n) is 16.6. The van der Waals surface area contributed by atoms with Crippen LogP contribution < -0.4 is 75.8 Å². The van der Waals surface area contributed by atoms with Crippen LogP contribution in [-0.2, 0) is 64.3 Å². The molecule has 20 bridgehead atoms. The zero-order chi connectivity index (χ0) is 81.2. The number of rotatable bonds is 12. The van der Waals surface area contributed by atoms with Crippen molar-refractivity contribution in [3.63, 3.8) is 0 Å². The summed E-state index contributed by atoms with van der Waals surface area (Å²) in [6.45, 7) is 3.70. The first-order valence-electron chi connectivity index (χ1n) is 38.2. The number of hydrogen-bond acceptors (Lipinski definition) is 36. The lowest BCUT2D eigenvalue weighted by molar-refractivity contribution is -0.00752. The molecule has 4 aliphatic heterocycles. The number of benzene rings is 8. The molecule has 12 aromatic rings. The fraction of sp³-hybridized carbons (Fsp3) is 0.286. The van der Waals surface area contributed by atoms with Gasteiger partial charge in [-0.3, -0.25) is 0 Å². The van der Waals surface area contributed by atoms with Gasteiger partial charge in [0.1, 0.15) is 52.9 Å². The Morgan fingerprint density at radius 1 is 0.167 bits per heavy atom. The van der Waals surface area contributed by atoms with Crippen LogP contribution in [0.3, 0.4) is 0 Å².